The van der Waals surface area contributed by atoms with Crippen LogP contribution in [0, 0.1) is 0 Å². The van der Waals surface area contributed by atoms with Crippen LogP contribution in [0.25, 0.3) is 0 Å². The first-order chi connectivity index (χ1) is 9.58. The van der Waals surface area contributed by atoms with Crippen LogP contribution < -0.4 is 15.2 Å². The van der Waals surface area contributed by atoms with Gasteiger partial charge in [0, 0.05) is 19.6 Å². The largest absolute Gasteiger partial charge is 0.494 e. The minimum absolute atomic E-state index is 0.00992. The maximum absolute atomic E-state index is 11.8. The van der Waals surface area contributed by atoms with E-state index in [1.807, 2.05) is 19.1 Å². The number of carbonyl (C=O) groups is 1. The zero-order chi connectivity index (χ0) is 15.0. The first-order valence-corrected chi connectivity index (χ1v) is 6.89. The van der Waals surface area contributed by atoms with Crippen LogP contribution in [-0.4, -0.2) is 43.7 Å². The van der Waals surface area contributed by atoms with Gasteiger partial charge in [-0.25, -0.2) is 0 Å². The van der Waals surface area contributed by atoms with E-state index in [1.54, 1.807) is 24.1 Å². The van der Waals surface area contributed by atoms with Crippen molar-refractivity contribution in [2.75, 3.05) is 26.8 Å². The lowest BCUT2D eigenvalue weighted by atomic mass is 10.3. The smallest absolute Gasteiger partial charge is 0.260 e. The van der Waals surface area contributed by atoms with E-state index >= 15 is 0 Å². The number of amides is 1. The molecule has 0 aliphatic carbocycles. The van der Waals surface area contributed by atoms with Gasteiger partial charge in [-0.05, 0) is 37.6 Å². The molecule has 0 bridgehead atoms. The number of ether oxygens (including phenoxy) is 2. The summed E-state index contributed by atoms with van der Waals surface area (Å²) in [6.07, 6.45) is 0.971. The first-order valence-electron chi connectivity index (χ1n) is 6.89. The van der Waals surface area contributed by atoms with Crippen LogP contribution in [0.5, 0.6) is 11.5 Å². The quantitative estimate of drug-likeness (QED) is 0.786. The van der Waals surface area contributed by atoms with Gasteiger partial charge in [-0.1, -0.05) is 6.92 Å². The van der Waals surface area contributed by atoms with Gasteiger partial charge in [0.2, 0.25) is 0 Å². The molecule has 2 N–H and O–H groups in total. The molecule has 112 valence electrons. The van der Waals surface area contributed by atoms with Crippen LogP contribution in [0.4, 0.5) is 0 Å². The third kappa shape index (κ3) is 5.09. The third-order valence-electron chi connectivity index (χ3n) is 3.05. The Morgan fingerprint density at radius 1 is 1.25 bits per heavy atom. The highest BCUT2D eigenvalue weighted by Crippen LogP contribution is 2.17. The zero-order valence-electron chi connectivity index (χ0n) is 12.5. The average Bonchev–Trinajstić information content (AvgIpc) is 2.49. The maximum Gasteiger partial charge on any atom is 0.260 e. The average molecular weight is 280 g/mol. The summed E-state index contributed by atoms with van der Waals surface area (Å²) < 4.78 is 10.9. The molecule has 0 aromatic heterocycles. The molecule has 20 heavy (non-hydrogen) atoms. The number of nitrogens with two attached hydrogens (primary N) is 1. The highest BCUT2D eigenvalue weighted by Gasteiger charge is 2.14. The Bertz CT molecular complexity index is 406. The Hall–Kier alpha value is -1.75. The first kappa shape index (κ1) is 16.3. The van der Waals surface area contributed by atoms with E-state index in [-0.39, 0.29) is 18.6 Å². The number of rotatable bonds is 8. The van der Waals surface area contributed by atoms with E-state index in [0.717, 1.165) is 12.2 Å². The van der Waals surface area contributed by atoms with Crippen LogP contribution in [-0.2, 0) is 4.79 Å². The fraction of sp³-hybridized carbons (Fsp3) is 0.533. The maximum atomic E-state index is 11.8. The van der Waals surface area contributed by atoms with Crippen molar-refractivity contribution in [2.24, 2.45) is 5.73 Å². The Labute approximate surface area is 120 Å². The van der Waals surface area contributed by atoms with Crippen molar-refractivity contribution < 1.29 is 14.3 Å². The molecule has 1 amide bonds. The number of likely N-dealkylation sites (N-methyl/N-ethyl adjacent to an activating group) is 1. The van der Waals surface area contributed by atoms with Crippen molar-refractivity contribution in [3.05, 3.63) is 24.3 Å². The predicted octanol–water partition coefficient (Wildman–Crippen LogP) is 1.66. The van der Waals surface area contributed by atoms with Crippen LogP contribution >= 0.6 is 0 Å². The molecule has 1 rings (SSSR count). The van der Waals surface area contributed by atoms with E-state index in [9.17, 15) is 4.79 Å². The fourth-order valence-corrected chi connectivity index (χ4v) is 1.50. The summed E-state index contributed by atoms with van der Waals surface area (Å²) in [6, 6.07) is 7.27. The van der Waals surface area contributed by atoms with Crippen LogP contribution in [0.1, 0.15) is 20.3 Å². The van der Waals surface area contributed by atoms with Gasteiger partial charge in [0.15, 0.2) is 6.61 Å². The van der Waals surface area contributed by atoms with Crippen molar-refractivity contribution in [3.8, 4) is 11.5 Å². The molecule has 0 saturated carbocycles. The fourth-order valence-electron chi connectivity index (χ4n) is 1.50. The number of benzene rings is 1. The summed E-state index contributed by atoms with van der Waals surface area (Å²) >= 11 is 0. The van der Waals surface area contributed by atoms with Gasteiger partial charge >= 0.3 is 0 Å². The number of hydrogen-bond acceptors (Lipinski definition) is 4. The van der Waals surface area contributed by atoms with Gasteiger partial charge in [-0.2, -0.15) is 0 Å². The summed E-state index contributed by atoms with van der Waals surface area (Å²) in [7, 11) is 1.73. The second kappa shape index (κ2) is 8.43. The van der Waals surface area contributed by atoms with E-state index in [0.29, 0.717) is 18.9 Å². The van der Waals surface area contributed by atoms with Crippen LogP contribution in [0.2, 0.25) is 0 Å². The highest BCUT2D eigenvalue weighted by molar-refractivity contribution is 5.77. The normalized spacial score (nSPS) is 11.8. The number of hydrogen-bond donors (Lipinski definition) is 1. The van der Waals surface area contributed by atoms with Crippen molar-refractivity contribution in [3.63, 3.8) is 0 Å². The Kier molecular flexibility index (Phi) is 6.87. The van der Waals surface area contributed by atoms with E-state index < -0.39 is 0 Å². The van der Waals surface area contributed by atoms with E-state index in [2.05, 4.69) is 6.92 Å². The van der Waals surface area contributed by atoms with E-state index in [4.69, 9.17) is 15.2 Å². The highest BCUT2D eigenvalue weighted by atomic mass is 16.5. The second-order valence-corrected chi connectivity index (χ2v) is 4.70. The predicted molar refractivity (Wildman–Crippen MR) is 79.0 cm³/mol. The van der Waals surface area contributed by atoms with Crippen LogP contribution in [0.3, 0.4) is 0 Å². The van der Waals surface area contributed by atoms with Gasteiger partial charge in [-0.3, -0.25) is 4.79 Å². The molecule has 1 aromatic rings. The molecule has 0 heterocycles. The van der Waals surface area contributed by atoms with Crippen LogP contribution in [0.15, 0.2) is 24.3 Å². The summed E-state index contributed by atoms with van der Waals surface area (Å²) in [5.74, 6) is 1.37. The minimum atomic E-state index is -0.0886. The van der Waals surface area contributed by atoms with Crippen molar-refractivity contribution >= 4 is 5.91 Å². The summed E-state index contributed by atoms with van der Waals surface area (Å²) in [6.45, 7) is 5.10. The summed E-state index contributed by atoms with van der Waals surface area (Å²) in [4.78, 5) is 13.4. The molecule has 0 radical (unpaired) electrons. The molecule has 0 saturated heterocycles. The Morgan fingerprint density at radius 3 is 2.30 bits per heavy atom. The topological polar surface area (TPSA) is 64.8 Å². The van der Waals surface area contributed by atoms with Crippen molar-refractivity contribution in [2.45, 2.75) is 26.3 Å². The molecule has 5 nitrogen and oxygen atoms in total. The lowest BCUT2D eigenvalue weighted by molar-refractivity contribution is -0.133. The Balaban J connectivity index is 2.43. The lowest BCUT2D eigenvalue weighted by Gasteiger charge is -2.23. The molecular formula is C15H24N2O3. The molecular weight excluding hydrogens is 256 g/mol. The second-order valence-electron chi connectivity index (χ2n) is 4.70. The minimum Gasteiger partial charge on any atom is -0.494 e. The monoisotopic (exact) mass is 280 g/mol. The van der Waals surface area contributed by atoms with Gasteiger partial charge in [0.05, 0.1) is 6.61 Å². The molecule has 1 atom stereocenters. The zero-order valence-corrected chi connectivity index (χ0v) is 12.5. The standard InChI is InChI=1S/C15H24N2O3/c1-4-9-19-13-5-7-14(8-6-13)20-11-15(18)17(3)12(2)10-16/h5-8,12H,4,9-11,16H2,1-3H3. The number of nitrogens with zero attached hydrogens (tertiary/aromatic N) is 1. The molecule has 1 unspecified atom stereocenters. The molecule has 0 spiro atoms. The van der Waals surface area contributed by atoms with Gasteiger partial charge < -0.3 is 20.1 Å². The van der Waals surface area contributed by atoms with Crippen molar-refractivity contribution in [1.82, 2.24) is 4.90 Å². The number of carbonyl (C=O) groups excluding carboxylic acids is 1. The summed E-state index contributed by atoms with van der Waals surface area (Å²) in [5, 5.41) is 0. The Morgan fingerprint density at radius 2 is 1.80 bits per heavy atom. The molecule has 0 aliphatic heterocycles. The molecule has 5 heteroatoms. The lowest BCUT2D eigenvalue weighted by Crippen LogP contribution is -2.42. The van der Waals surface area contributed by atoms with Crippen molar-refractivity contribution in [1.29, 1.82) is 0 Å². The van der Waals surface area contributed by atoms with Gasteiger partial charge in [0.1, 0.15) is 11.5 Å². The SMILES string of the molecule is CCCOc1ccc(OCC(=O)N(C)C(C)CN)cc1. The molecule has 0 aliphatic rings. The van der Waals surface area contributed by atoms with Gasteiger partial charge in [-0.15, -0.1) is 0 Å². The molecule has 1 aromatic carbocycles. The van der Waals surface area contributed by atoms with E-state index in [1.165, 1.54) is 0 Å². The third-order valence-corrected chi connectivity index (χ3v) is 3.05. The van der Waals surface area contributed by atoms with Gasteiger partial charge in [0.25, 0.3) is 5.91 Å². The summed E-state index contributed by atoms with van der Waals surface area (Å²) in [5.41, 5.74) is 5.53. The molecule has 0 fully saturated rings.